The van der Waals surface area contributed by atoms with Crippen LogP contribution in [0.5, 0.6) is 0 Å². The quantitative estimate of drug-likeness (QED) is 0.644. The molecule has 0 bridgehead atoms. The Morgan fingerprint density at radius 2 is 2.32 bits per heavy atom. The van der Waals surface area contributed by atoms with Crippen molar-refractivity contribution in [2.75, 3.05) is 13.6 Å². The average Bonchev–Trinajstić information content (AvgIpc) is 2.87. The van der Waals surface area contributed by atoms with Crippen LogP contribution in [-0.2, 0) is 13.0 Å². The van der Waals surface area contributed by atoms with Gasteiger partial charge in [0.25, 0.3) is 5.91 Å². The van der Waals surface area contributed by atoms with Crippen LogP contribution < -0.4 is 5.32 Å². The number of nitrogens with one attached hydrogen (secondary N) is 2. The topological polar surface area (TPSA) is 56.2 Å². The Hall–Kier alpha value is -1.62. The molecule has 2 heterocycles. The second-order valence-electron chi connectivity index (χ2n) is 4.62. The second kappa shape index (κ2) is 5.57. The fraction of sp³-hybridized carbons (Fsp3) is 0.429. The lowest BCUT2D eigenvalue weighted by atomic mass is 10.0. The number of allylic oxidation sites excluding steroid dienone is 1. The van der Waals surface area contributed by atoms with E-state index in [1.807, 2.05) is 25.3 Å². The highest BCUT2D eigenvalue weighted by atomic mass is 32.1. The highest BCUT2D eigenvalue weighted by molar-refractivity contribution is 7.10. The first-order valence-corrected chi connectivity index (χ1v) is 7.24. The van der Waals surface area contributed by atoms with Crippen LogP contribution in [0, 0.1) is 5.41 Å². The highest BCUT2D eigenvalue weighted by Crippen LogP contribution is 2.29. The molecule has 4 nitrogen and oxygen atoms in total. The van der Waals surface area contributed by atoms with Crippen LogP contribution in [0.15, 0.2) is 17.0 Å². The zero-order valence-electron chi connectivity index (χ0n) is 11.5. The number of nitrogens with zero attached hydrogens (tertiary/aromatic N) is 1. The third-order valence-electron chi connectivity index (χ3n) is 3.54. The minimum Gasteiger partial charge on any atom is -0.355 e. The van der Waals surface area contributed by atoms with Crippen molar-refractivity contribution in [1.82, 2.24) is 10.2 Å². The van der Waals surface area contributed by atoms with Crippen molar-refractivity contribution in [2.24, 2.45) is 0 Å². The van der Waals surface area contributed by atoms with Gasteiger partial charge in [-0.25, -0.2) is 0 Å². The van der Waals surface area contributed by atoms with E-state index in [9.17, 15) is 4.79 Å². The number of fused-ring (bicyclic) bond motifs is 1. The standard InChI is InChI=1S/C14H19N3OS/c1-4-9(2)13(15)17-6-5-10-11(14(18)16-3)8-19-12(10)7-17/h4,8,15H,5-7H2,1-3H3,(H,16,18)/b9-4+,15-13?. The molecule has 0 aliphatic carbocycles. The lowest BCUT2D eigenvalue weighted by Gasteiger charge is -2.29. The van der Waals surface area contributed by atoms with Gasteiger partial charge in [0.1, 0.15) is 5.84 Å². The molecule has 0 saturated carbocycles. The fourth-order valence-electron chi connectivity index (χ4n) is 2.23. The molecule has 0 fully saturated rings. The van der Waals surface area contributed by atoms with Gasteiger partial charge >= 0.3 is 0 Å². The maximum absolute atomic E-state index is 11.7. The summed E-state index contributed by atoms with van der Waals surface area (Å²) in [6.07, 6.45) is 2.79. The lowest BCUT2D eigenvalue weighted by molar-refractivity contribution is 0.0962. The molecular formula is C14H19N3OS. The van der Waals surface area contributed by atoms with Crippen molar-refractivity contribution in [3.8, 4) is 0 Å². The average molecular weight is 277 g/mol. The summed E-state index contributed by atoms with van der Waals surface area (Å²) in [7, 11) is 1.66. The van der Waals surface area contributed by atoms with E-state index in [0.717, 1.165) is 36.2 Å². The van der Waals surface area contributed by atoms with Crippen molar-refractivity contribution in [1.29, 1.82) is 5.41 Å². The number of hydrogen-bond acceptors (Lipinski definition) is 3. The molecule has 1 aromatic rings. The first kappa shape index (κ1) is 13.8. The van der Waals surface area contributed by atoms with Gasteiger partial charge in [0.15, 0.2) is 0 Å². The van der Waals surface area contributed by atoms with Crippen molar-refractivity contribution >= 4 is 23.1 Å². The normalized spacial score (nSPS) is 15.1. The maximum atomic E-state index is 11.7. The summed E-state index contributed by atoms with van der Waals surface area (Å²) in [6.45, 7) is 5.45. The SMILES string of the molecule is C/C=C(\C)C(=N)N1CCc2c(C(=O)NC)csc2C1. The van der Waals surface area contributed by atoms with Crippen LogP contribution >= 0.6 is 11.3 Å². The highest BCUT2D eigenvalue weighted by Gasteiger charge is 2.24. The zero-order chi connectivity index (χ0) is 14.0. The Kier molecular flexibility index (Phi) is 4.04. The number of amidine groups is 1. The molecule has 2 rings (SSSR count). The van der Waals surface area contributed by atoms with E-state index in [1.165, 1.54) is 4.88 Å². The van der Waals surface area contributed by atoms with Crippen LogP contribution in [-0.4, -0.2) is 30.2 Å². The second-order valence-corrected chi connectivity index (χ2v) is 5.59. The van der Waals surface area contributed by atoms with Gasteiger partial charge in [-0.3, -0.25) is 10.2 Å². The maximum Gasteiger partial charge on any atom is 0.252 e. The van der Waals surface area contributed by atoms with Gasteiger partial charge in [-0.15, -0.1) is 11.3 Å². The Balaban J connectivity index is 2.20. The van der Waals surface area contributed by atoms with Crippen molar-refractivity contribution in [3.05, 3.63) is 33.0 Å². The summed E-state index contributed by atoms with van der Waals surface area (Å²) < 4.78 is 0. The van der Waals surface area contributed by atoms with Crippen LogP contribution in [0.3, 0.4) is 0 Å². The van der Waals surface area contributed by atoms with Gasteiger partial charge in [0.05, 0.1) is 12.1 Å². The fourth-order valence-corrected chi connectivity index (χ4v) is 3.32. The number of rotatable bonds is 2. The third kappa shape index (κ3) is 2.56. The summed E-state index contributed by atoms with van der Waals surface area (Å²) in [6, 6.07) is 0. The molecule has 0 saturated heterocycles. The molecule has 1 aliphatic heterocycles. The minimum atomic E-state index is -0.00865. The van der Waals surface area contributed by atoms with E-state index in [-0.39, 0.29) is 5.91 Å². The summed E-state index contributed by atoms with van der Waals surface area (Å²) in [5.41, 5.74) is 2.95. The Labute approximate surface area is 117 Å². The van der Waals surface area contributed by atoms with E-state index in [1.54, 1.807) is 18.4 Å². The molecule has 0 atom stereocenters. The van der Waals surface area contributed by atoms with Crippen LogP contribution in [0.25, 0.3) is 0 Å². The smallest absolute Gasteiger partial charge is 0.252 e. The van der Waals surface area contributed by atoms with Gasteiger partial charge in [-0.2, -0.15) is 0 Å². The number of amides is 1. The van der Waals surface area contributed by atoms with Gasteiger partial charge in [0, 0.05) is 23.8 Å². The van der Waals surface area contributed by atoms with E-state index < -0.39 is 0 Å². The monoisotopic (exact) mass is 277 g/mol. The summed E-state index contributed by atoms with van der Waals surface area (Å²) >= 11 is 1.62. The number of thiophene rings is 1. The molecule has 1 aliphatic rings. The number of carbonyl (C=O) groups excluding carboxylic acids is 1. The molecule has 0 aromatic carbocycles. The largest absolute Gasteiger partial charge is 0.355 e. The Bertz CT molecular complexity index is 545. The predicted octanol–water partition coefficient (Wildman–Crippen LogP) is 2.41. The van der Waals surface area contributed by atoms with E-state index >= 15 is 0 Å². The van der Waals surface area contributed by atoms with Crippen molar-refractivity contribution < 1.29 is 4.79 Å². The Morgan fingerprint density at radius 3 is 2.95 bits per heavy atom. The van der Waals surface area contributed by atoms with Gasteiger partial charge in [0.2, 0.25) is 0 Å². The van der Waals surface area contributed by atoms with Crippen LogP contribution in [0.1, 0.15) is 34.6 Å². The lowest BCUT2D eigenvalue weighted by Crippen LogP contribution is -2.36. The molecule has 0 spiro atoms. The van der Waals surface area contributed by atoms with Crippen LogP contribution in [0.4, 0.5) is 0 Å². The van der Waals surface area contributed by atoms with E-state index in [0.29, 0.717) is 5.84 Å². The van der Waals surface area contributed by atoms with Gasteiger partial charge in [-0.1, -0.05) is 6.08 Å². The predicted molar refractivity (Wildman–Crippen MR) is 79.0 cm³/mol. The van der Waals surface area contributed by atoms with Gasteiger partial charge < -0.3 is 10.2 Å². The summed E-state index contributed by atoms with van der Waals surface area (Å²) in [5, 5.41) is 12.8. The first-order chi connectivity index (χ1) is 9.08. The molecule has 2 N–H and O–H groups in total. The molecular weight excluding hydrogens is 258 g/mol. The summed E-state index contributed by atoms with van der Waals surface area (Å²) in [4.78, 5) is 15.0. The molecule has 0 radical (unpaired) electrons. The van der Waals surface area contributed by atoms with E-state index in [4.69, 9.17) is 5.41 Å². The molecule has 0 unspecified atom stereocenters. The molecule has 1 aromatic heterocycles. The van der Waals surface area contributed by atoms with Crippen LogP contribution in [0.2, 0.25) is 0 Å². The van der Waals surface area contributed by atoms with Gasteiger partial charge in [-0.05, 0) is 31.4 Å². The molecule has 5 heteroatoms. The minimum absolute atomic E-state index is 0.00865. The third-order valence-corrected chi connectivity index (χ3v) is 4.55. The Morgan fingerprint density at radius 1 is 1.58 bits per heavy atom. The first-order valence-electron chi connectivity index (χ1n) is 6.36. The number of carbonyl (C=O) groups is 1. The molecule has 1 amide bonds. The van der Waals surface area contributed by atoms with Crippen molar-refractivity contribution in [2.45, 2.75) is 26.8 Å². The zero-order valence-corrected chi connectivity index (χ0v) is 12.4. The molecule has 19 heavy (non-hydrogen) atoms. The number of hydrogen-bond donors (Lipinski definition) is 2. The van der Waals surface area contributed by atoms with Crippen molar-refractivity contribution in [3.63, 3.8) is 0 Å². The summed E-state index contributed by atoms with van der Waals surface area (Å²) in [5.74, 6) is 0.578. The van der Waals surface area contributed by atoms with E-state index in [2.05, 4.69) is 10.2 Å². The molecule has 102 valence electrons.